The van der Waals surface area contributed by atoms with Crippen LogP contribution in [0.15, 0.2) is 35.4 Å². The van der Waals surface area contributed by atoms with E-state index < -0.39 is 18.1 Å². The van der Waals surface area contributed by atoms with Gasteiger partial charge in [0.15, 0.2) is 0 Å². The van der Waals surface area contributed by atoms with E-state index in [1.54, 1.807) is 31.2 Å². The van der Waals surface area contributed by atoms with Crippen molar-refractivity contribution in [3.05, 3.63) is 58.3 Å². The highest BCUT2D eigenvalue weighted by Crippen LogP contribution is 2.25. The van der Waals surface area contributed by atoms with Crippen LogP contribution in [0.1, 0.15) is 23.4 Å². The van der Waals surface area contributed by atoms with E-state index in [9.17, 15) is 13.2 Å². The van der Waals surface area contributed by atoms with Crippen LogP contribution in [0.25, 0.3) is 11.3 Å². The van der Waals surface area contributed by atoms with Gasteiger partial charge in [-0.05, 0) is 25.1 Å². The summed E-state index contributed by atoms with van der Waals surface area (Å²) in [5.74, 6) is -0.710. The molecule has 0 aliphatic carbocycles. The average molecular weight is 395 g/mol. The lowest BCUT2D eigenvalue weighted by atomic mass is 10.1. The van der Waals surface area contributed by atoms with E-state index >= 15 is 0 Å². The summed E-state index contributed by atoms with van der Waals surface area (Å²) in [5.41, 5.74) is 3.47. The predicted octanol–water partition coefficient (Wildman–Crippen LogP) is 4.36. The van der Waals surface area contributed by atoms with Crippen LogP contribution in [0.3, 0.4) is 0 Å². The molecule has 0 unspecified atom stereocenters. The van der Waals surface area contributed by atoms with Crippen molar-refractivity contribution in [1.29, 1.82) is 0 Å². The lowest BCUT2D eigenvalue weighted by molar-refractivity contribution is 0.146. The number of alkyl halides is 2. The lowest BCUT2D eigenvalue weighted by Gasteiger charge is -2.07. The quantitative estimate of drug-likeness (QED) is 0.515. The highest BCUT2D eigenvalue weighted by Gasteiger charge is 2.14. The normalized spacial score (nSPS) is 11.5. The van der Waals surface area contributed by atoms with Crippen LogP contribution in [-0.2, 0) is 7.05 Å². The number of hydrazone groups is 1. The second-order valence-corrected chi connectivity index (χ2v) is 6.03. The third-order valence-corrected chi connectivity index (χ3v) is 3.92. The molecule has 0 saturated carbocycles. The maximum absolute atomic E-state index is 13.9. The number of rotatable bonds is 5. The van der Waals surface area contributed by atoms with Crippen LogP contribution >= 0.6 is 11.6 Å². The predicted molar refractivity (Wildman–Crippen MR) is 96.6 cm³/mol. The molecule has 10 heteroatoms. The molecule has 0 bridgehead atoms. The topological polar surface area (TPSA) is 68.0 Å². The first-order valence-corrected chi connectivity index (χ1v) is 8.14. The molecule has 3 rings (SSSR count). The lowest BCUT2D eigenvalue weighted by Crippen LogP contribution is -2.03. The van der Waals surface area contributed by atoms with Gasteiger partial charge in [0.2, 0.25) is 11.9 Å². The second kappa shape index (κ2) is 7.75. The van der Waals surface area contributed by atoms with Crippen molar-refractivity contribution in [2.24, 2.45) is 12.1 Å². The molecule has 27 heavy (non-hydrogen) atoms. The summed E-state index contributed by atoms with van der Waals surface area (Å²) in [7, 11) is 1.46. The fourth-order valence-corrected chi connectivity index (χ4v) is 2.47. The van der Waals surface area contributed by atoms with Gasteiger partial charge < -0.3 is 0 Å². The SMILES string of the molecule is Cc1nn(C)c(F)c1/C=N/Nc1nc(-c2ccc(Cl)cc2)cc(C(F)F)n1. The summed E-state index contributed by atoms with van der Waals surface area (Å²) in [6, 6.07) is 7.75. The first-order valence-electron chi connectivity index (χ1n) is 7.76. The maximum atomic E-state index is 13.9. The number of aryl methyl sites for hydroxylation is 2. The van der Waals surface area contributed by atoms with Gasteiger partial charge in [0.25, 0.3) is 6.43 Å². The molecule has 0 spiro atoms. The molecule has 0 atom stereocenters. The Kier molecular flexibility index (Phi) is 5.41. The summed E-state index contributed by atoms with van der Waals surface area (Å²) >= 11 is 5.84. The maximum Gasteiger partial charge on any atom is 0.280 e. The second-order valence-electron chi connectivity index (χ2n) is 5.59. The van der Waals surface area contributed by atoms with Crippen molar-refractivity contribution in [3.63, 3.8) is 0 Å². The number of benzene rings is 1. The van der Waals surface area contributed by atoms with Crippen molar-refractivity contribution in [2.75, 3.05) is 5.43 Å². The fourth-order valence-electron chi connectivity index (χ4n) is 2.34. The molecular weight excluding hydrogens is 381 g/mol. The van der Waals surface area contributed by atoms with Crippen molar-refractivity contribution >= 4 is 23.8 Å². The Labute approximate surface area is 157 Å². The molecular formula is C17H14ClF3N6. The zero-order valence-electron chi connectivity index (χ0n) is 14.3. The molecule has 1 aromatic carbocycles. The minimum atomic E-state index is -2.79. The Balaban J connectivity index is 1.90. The molecule has 2 aromatic heterocycles. The first kappa shape index (κ1) is 18.8. The standard InChI is InChI=1S/C17H14ClF3N6/c1-9-12(16(21)27(2)26-9)8-22-25-17-23-13(7-14(24-17)15(19)20)10-3-5-11(18)6-4-10/h3-8,15H,1-2H3,(H,23,24,25)/b22-8+. The zero-order chi connectivity index (χ0) is 19.6. The highest BCUT2D eigenvalue weighted by molar-refractivity contribution is 6.30. The van der Waals surface area contributed by atoms with Crippen LogP contribution in [0, 0.1) is 12.9 Å². The van der Waals surface area contributed by atoms with Crippen LogP contribution in [0.2, 0.25) is 5.02 Å². The summed E-state index contributed by atoms with van der Waals surface area (Å²) in [6.07, 6.45) is -1.60. The Bertz CT molecular complexity index is 985. The van der Waals surface area contributed by atoms with E-state index in [0.29, 0.717) is 16.3 Å². The zero-order valence-corrected chi connectivity index (χ0v) is 15.0. The van der Waals surface area contributed by atoms with Crippen molar-refractivity contribution in [1.82, 2.24) is 19.7 Å². The van der Waals surface area contributed by atoms with Crippen LogP contribution in [-0.4, -0.2) is 26.0 Å². The third-order valence-electron chi connectivity index (χ3n) is 3.66. The van der Waals surface area contributed by atoms with Crippen molar-refractivity contribution < 1.29 is 13.2 Å². The number of halogens is 4. The van der Waals surface area contributed by atoms with E-state index in [1.165, 1.54) is 19.3 Å². The van der Waals surface area contributed by atoms with Gasteiger partial charge in [0.1, 0.15) is 5.69 Å². The summed E-state index contributed by atoms with van der Waals surface area (Å²) in [4.78, 5) is 7.90. The molecule has 1 N–H and O–H groups in total. The molecule has 0 fully saturated rings. The Morgan fingerprint density at radius 2 is 1.93 bits per heavy atom. The molecule has 140 valence electrons. The summed E-state index contributed by atoms with van der Waals surface area (Å²) < 4.78 is 41.3. The highest BCUT2D eigenvalue weighted by atomic mass is 35.5. The first-order chi connectivity index (χ1) is 12.8. The molecule has 2 heterocycles. The van der Waals surface area contributed by atoms with Gasteiger partial charge >= 0.3 is 0 Å². The number of hydrogen-bond donors (Lipinski definition) is 1. The summed E-state index contributed by atoms with van der Waals surface area (Å²) in [5, 5.41) is 8.27. The molecule has 0 radical (unpaired) electrons. The minimum absolute atomic E-state index is 0.143. The van der Waals surface area contributed by atoms with E-state index in [4.69, 9.17) is 11.6 Å². The van der Waals surface area contributed by atoms with Gasteiger partial charge in [-0.15, -0.1) is 0 Å². The number of nitrogens with one attached hydrogen (secondary N) is 1. The largest absolute Gasteiger partial charge is 0.280 e. The van der Waals surface area contributed by atoms with Crippen molar-refractivity contribution in [2.45, 2.75) is 13.3 Å². The van der Waals surface area contributed by atoms with Gasteiger partial charge in [-0.25, -0.2) is 28.9 Å². The minimum Gasteiger partial charge on any atom is -0.245 e. The molecule has 0 aliphatic rings. The molecule has 6 nitrogen and oxygen atoms in total. The van der Waals surface area contributed by atoms with Crippen LogP contribution in [0.4, 0.5) is 19.1 Å². The van der Waals surface area contributed by atoms with Crippen molar-refractivity contribution in [3.8, 4) is 11.3 Å². The Morgan fingerprint density at radius 1 is 1.22 bits per heavy atom. The van der Waals surface area contributed by atoms with E-state index in [1.807, 2.05) is 0 Å². The molecule has 0 aliphatic heterocycles. The van der Waals surface area contributed by atoms with Gasteiger partial charge in [-0.3, -0.25) is 0 Å². The molecule has 0 amide bonds. The number of anilines is 1. The van der Waals surface area contributed by atoms with E-state index in [-0.39, 0.29) is 17.2 Å². The number of nitrogens with zero attached hydrogens (tertiary/aromatic N) is 5. The average Bonchev–Trinajstić information content (AvgIpc) is 2.88. The smallest absolute Gasteiger partial charge is 0.245 e. The Hall–Kier alpha value is -2.94. The van der Waals surface area contributed by atoms with Crippen LogP contribution < -0.4 is 5.43 Å². The van der Waals surface area contributed by atoms with E-state index in [2.05, 4.69) is 25.6 Å². The molecule has 3 aromatic rings. The Morgan fingerprint density at radius 3 is 2.52 bits per heavy atom. The van der Waals surface area contributed by atoms with Gasteiger partial charge in [-0.2, -0.15) is 14.6 Å². The van der Waals surface area contributed by atoms with E-state index in [0.717, 1.165) is 4.68 Å². The number of hydrogen-bond acceptors (Lipinski definition) is 5. The number of aromatic nitrogens is 4. The fraction of sp³-hybridized carbons (Fsp3) is 0.176. The third kappa shape index (κ3) is 4.25. The van der Waals surface area contributed by atoms with Gasteiger partial charge in [0.05, 0.1) is 23.2 Å². The summed E-state index contributed by atoms with van der Waals surface area (Å²) in [6.45, 7) is 1.62. The molecule has 0 saturated heterocycles. The van der Waals surface area contributed by atoms with Gasteiger partial charge in [0, 0.05) is 17.6 Å². The van der Waals surface area contributed by atoms with Crippen LogP contribution in [0.5, 0.6) is 0 Å². The van der Waals surface area contributed by atoms with Gasteiger partial charge in [-0.1, -0.05) is 23.7 Å². The monoisotopic (exact) mass is 394 g/mol.